The van der Waals surface area contributed by atoms with Gasteiger partial charge in [0.15, 0.2) is 11.6 Å². The van der Waals surface area contributed by atoms with Gasteiger partial charge >= 0.3 is 0 Å². The molecule has 128 valence electrons. The van der Waals surface area contributed by atoms with Gasteiger partial charge < -0.3 is 19.5 Å². The summed E-state index contributed by atoms with van der Waals surface area (Å²) in [5.41, 5.74) is 0.226. The molecule has 1 amide bonds. The Kier molecular flexibility index (Phi) is 6.01. The maximum absolute atomic E-state index is 13.6. The third kappa shape index (κ3) is 4.62. The van der Waals surface area contributed by atoms with E-state index in [1.54, 1.807) is 38.3 Å². The SMILES string of the molecule is COc1ccc(OC[C@H](C)NC(=O)c2ccc(OC)c(F)c2)cc1. The van der Waals surface area contributed by atoms with Gasteiger partial charge in [0.05, 0.1) is 20.3 Å². The van der Waals surface area contributed by atoms with Gasteiger partial charge in [-0.15, -0.1) is 0 Å². The molecule has 0 unspecified atom stereocenters. The zero-order chi connectivity index (χ0) is 17.5. The molecule has 2 rings (SSSR count). The van der Waals surface area contributed by atoms with E-state index in [2.05, 4.69) is 5.32 Å². The number of carbonyl (C=O) groups is 1. The lowest BCUT2D eigenvalue weighted by atomic mass is 10.2. The van der Waals surface area contributed by atoms with Crippen LogP contribution >= 0.6 is 0 Å². The van der Waals surface area contributed by atoms with Gasteiger partial charge in [0.25, 0.3) is 5.91 Å². The maximum Gasteiger partial charge on any atom is 0.251 e. The monoisotopic (exact) mass is 333 g/mol. The summed E-state index contributed by atoms with van der Waals surface area (Å²) in [5.74, 6) is 0.565. The van der Waals surface area contributed by atoms with Crippen LogP contribution in [0.5, 0.6) is 17.2 Å². The van der Waals surface area contributed by atoms with Crippen molar-refractivity contribution in [1.82, 2.24) is 5.32 Å². The highest BCUT2D eigenvalue weighted by molar-refractivity contribution is 5.94. The summed E-state index contributed by atoms with van der Waals surface area (Å²) in [6, 6.07) is 11.0. The number of carbonyl (C=O) groups excluding carboxylic acids is 1. The zero-order valence-corrected chi connectivity index (χ0v) is 13.8. The predicted octanol–water partition coefficient (Wildman–Crippen LogP) is 3.04. The molecule has 1 N–H and O–H groups in total. The molecule has 0 saturated carbocycles. The second kappa shape index (κ2) is 8.19. The first-order valence-electron chi connectivity index (χ1n) is 7.44. The molecular weight excluding hydrogens is 313 g/mol. The first-order chi connectivity index (χ1) is 11.5. The fourth-order valence-corrected chi connectivity index (χ4v) is 2.05. The maximum atomic E-state index is 13.6. The van der Waals surface area contributed by atoms with E-state index in [-0.39, 0.29) is 29.9 Å². The topological polar surface area (TPSA) is 56.8 Å². The Morgan fingerprint density at radius 1 is 1.08 bits per heavy atom. The molecule has 2 aromatic carbocycles. The van der Waals surface area contributed by atoms with E-state index < -0.39 is 5.82 Å². The highest BCUT2D eigenvalue weighted by atomic mass is 19.1. The second-order valence-electron chi connectivity index (χ2n) is 5.21. The van der Waals surface area contributed by atoms with Gasteiger partial charge in [-0.3, -0.25) is 4.79 Å². The first-order valence-corrected chi connectivity index (χ1v) is 7.44. The van der Waals surface area contributed by atoms with Crippen LogP contribution in [0.25, 0.3) is 0 Å². The van der Waals surface area contributed by atoms with Crippen molar-refractivity contribution in [1.29, 1.82) is 0 Å². The van der Waals surface area contributed by atoms with Crippen LogP contribution in [0.3, 0.4) is 0 Å². The van der Waals surface area contributed by atoms with E-state index in [9.17, 15) is 9.18 Å². The van der Waals surface area contributed by atoms with Crippen LogP contribution in [0.4, 0.5) is 4.39 Å². The third-order valence-electron chi connectivity index (χ3n) is 3.35. The van der Waals surface area contributed by atoms with Crippen LogP contribution < -0.4 is 19.5 Å². The second-order valence-corrected chi connectivity index (χ2v) is 5.21. The van der Waals surface area contributed by atoms with Crippen molar-refractivity contribution in [2.45, 2.75) is 13.0 Å². The van der Waals surface area contributed by atoms with Crippen molar-refractivity contribution in [3.63, 3.8) is 0 Å². The third-order valence-corrected chi connectivity index (χ3v) is 3.35. The summed E-state index contributed by atoms with van der Waals surface area (Å²) in [7, 11) is 2.96. The molecule has 0 heterocycles. The number of nitrogens with one attached hydrogen (secondary N) is 1. The summed E-state index contributed by atoms with van der Waals surface area (Å²) < 4.78 is 29.1. The fourth-order valence-electron chi connectivity index (χ4n) is 2.05. The summed E-state index contributed by atoms with van der Waals surface area (Å²) >= 11 is 0. The molecule has 0 fully saturated rings. The van der Waals surface area contributed by atoms with E-state index >= 15 is 0 Å². The van der Waals surface area contributed by atoms with Crippen molar-refractivity contribution in [2.24, 2.45) is 0 Å². The van der Waals surface area contributed by atoms with Gasteiger partial charge in [-0.2, -0.15) is 0 Å². The summed E-state index contributed by atoms with van der Waals surface area (Å²) in [4.78, 5) is 12.1. The quantitative estimate of drug-likeness (QED) is 0.846. The van der Waals surface area contributed by atoms with E-state index in [1.807, 2.05) is 0 Å². The van der Waals surface area contributed by atoms with Crippen LogP contribution in [0.15, 0.2) is 42.5 Å². The van der Waals surface area contributed by atoms with Gasteiger partial charge in [-0.05, 0) is 49.4 Å². The smallest absolute Gasteiger partial charge is 0.251 e. The van der Waals surface area contributed by atoms with Gasteiger partial charge in [-0.1, -0.05) is 0 Å². The van der Waals surface area contributed by atoms with Crippen LogP contribution in [-0.2, 0) is 0 Å². The Morgan fingerprint density at radius 3 is 2.33 bits per heavy atom. The lowest BCUT2D eigenvalue weighted by molar-refractivity contribution is 0.0926. The highest BCUT2D eigenvalue weighted by Gasteiger charge is 2.13. The minimum Gasteiger partial charge on any atom is -0.497 e. The molecule has 1 atom stereocenters. The number of hydrogen-bond acceptors (Lipinski definition) is 4. The molecular formula is C18H20FNO4. The molecule has 2 aromatic rings. The normalized spacial score (nSPS) is 11.5. The van der Waals surface area contributed by atoms with Crippen LogP contribution in [0.2, 0.25) is 0 Å². The number of benzene rings is 2. The molecule has 0 spiro atoms. The highest BCUT2D eigenvalue weighted by Crippen LogP contribution is 2.18. The average Bonchev–Trinajstić information content (AvgIpc) is 2.60. The summed E-state index contributed by atoms with van der Waals surface area (Å²) in [6.07, 6.45) is 0. The van der Waals surface area contributed by atoms with Gasteiger partial charge in [0.1, 0.15) is 18.1 Å². The molecule has 6 heteroatoms. The molecule has 0 bridgehead atoms. The molecule has 24 heavy (non-hydrogen) atoms. The minimum absolute atomic E-state index is 0.0995. The zero-order valence-electron chi connectivity index (χ0n) is 13.8. The van der Waals surface area contributed by atoms with Crippen LogP contribution in [0.1, 0.15) is 17.3 Å². The van der Waals surface area contributed by atoms with Crippen LogP contribution in [0, 0.1) is 5.82 Å². The number of methoxy groups -OCH3 is 2. The Hall–Kier alpha value is -2.76. The van der Waals surface area contributed by atoms with Crippen molar-refractivity contribution < 1.29 is 23.4 Å². The standard InChI is InChI=1S/C18H20FNO4/c1-12(11-24-15-7-5-14(22-2)6-8-15)20-18(21)13-4-9-17(23-3)16(19)10-13/h4-10,12H,11H2,1-3H3,(H,20,21)/t12-/m0/s1. The lowest BCUT2D eigenvalue weighted by Crippen LogP contribution is -2.36. The molecule has 0 saturated heterocycles. The molecule has 0 aliphatic rings. The number of rotatable bonds is 7. The van der Waals surface area contributed by atoms with Gasteiger partial charge in [0.2, 0.25) is 0 Å². The largest absolute Gasteiger partial charge is 0.497 e. The summed E-state index contributed by atoms with van der Waals surface area (Å²) in [6.45, 7) is 2.10. The molecule has 0 aromatic heterocycles. The van der Waals surface area contributed by atoms with E-state index in [1.165, 1.54) is 19.2 Å². The van der Waals surface area contributed by atoms with Gasteiger partial charge in [0, 0.05) is 5.56 Å². The van der Waals surface area contributed by atoms with Crippen LogP contribution in [-0.4, -0.2) is 32.8 Å². The summed E-state index contributed by atoms with van der Waals surface area (Å²) in [5, 5.41) is 2.76. The first kappa shape index (κ1) is 17.6. The Labute approximate surface area is 140 Å². The molecule has 5 nitrogen and oxygen atoms in total. The minimum atomic E-state index is -0.577. The van der Waals surface area contributed by atoms with E-state index in [0.717, 1.165) is 11.8 Å². The Bertz CT molecular complexity index is 688. The predicted molar refractivity (Wildman–Crippen MR) is 88.4 cm³/mol. The average molecular weight is 333 g/mol. The Morgan fingerprint density at radius 2 is 1.75 bits per heavy atom. The van der Waals surface area contributed by atoms with Crippen molar-refractivity contribution in [2.75, 3.05) is 20.8 Å². The van der Waals surface area contributed by atoms with Crippen molar-refractivity contribution in [3.8, 4) is 17.2 Å². The number of halogens is 1. The van der Waals surface area contributed by atoms with E-state index in [4.69, 9.17) is 14.2 Å². The number of amides is 1. The number of hydrogen-bond donors (Lipinski definition) is 1. The number of ether oxygens (including phenoxy) is 3. The fraction of sp³-hybridized carbons (Fsp3) is 0.278. The van der Waals surface area contributed by atoms with Crippen molar-refractivity contribution >= 4 is 5.91 Å². The molecule has 0 radical (unpaired) electrons. The molecule has 0 aliphatic carbocycles. The van der Waals surface area contributed by atoms with E-state index in [0.29, 0.717) is 5.75 Å². The van der Waals surface area contributed by atoms with Gasteiger partial charge in [-0.25, -0.2) is 4.39 Å². The van der Waals surface area contributed by atoms with Crippen molar-refractivity contribution in [3.05, 3.63) is 53.8 Å². The Balaban J connectivity index is 1.87. The lowest BCUT2D eigenvalue weighted by Gasteiger charge is -2.15. The molecule has 0 aliphatic heterocycles.